The number of aliphatic hydroxyl groups excluding tert-OH is 1. The van der Waals surface area contributed by atoms with Crippen molar-refractivity contribution in [3.05, 3.63) is 206 Å². The van der Waals surface area contributed by atoms with E-state index in [1.54, 1.807) is 136 Å². The quantitative estimate of drug-likeness (QED) is 0.0119. The molecule has 2 N–H and O–H groups in total. The van der Waals surface area contributed by atoms with E-state index in [-0.39, 0.29) is 90.9 Å². The molecule has 1 aliphatic rings. The molecule has 1 aromatic heterocycles. The number of phosphoric acid groups is 2. The molecule has 0 radical (unpaired) electrons. The van der Waals surface area contributed by atoms with Gasteiger partial charge in [0.2, 0.25) is 0 Å². The van der Waals surface area contributed by atoms with E-state index in [2.05, 4.69) is 30.5 Å². The third-order valence-corrected chi connectivity index (χ3v) is 22.7. The molecule has 111 heavy (non-hydrogen) atoms. The highest BCUT2D eigenvalue weighted by molar-refractivity contribution is 7.84. The van der Waals surface area contributed by atoms with Crippen molar-refractivity contribution in [2.75, 3.05) is 79.0 Å². The van der Waals surface area contributed by atoms with Crippen LogP contribution in [0, 0.1) is 31.2 Å². The zero-order valence-electron chi connectivity index (χ0n) is 63.8. The van der Waals surface area contributed by atoms with Crippen LogP contribution < -0.4 is 4.74 Å². The summed E-state index contributed by atoms with van der Waals surface area (Å²) < 4.78 is 139. The molecule has 0 amide bonds. The predicted molar refractivity (Wildman–Crippen MR) is 428 cm³/mol. The van der Waals surface area contributed by atoms with Gasteiger partial charge in [-0.25, -0.2) is 18.1 Å². The van der Waals surface area contributed by atoms with Gasteiger partial charge in [-0.3, -0.25) is 64.2 Å². The smallest absolute Gasteiger partial charge is 0.465 e. The maximum absolute atomic E-state index is 14.3. The Morgan fingerprint density at radius 3 is 1.86 bits per heavy atom. The van der Waals surface area contributed by atoms with Crippen molar-refractivity contribution >= 4 is 105 Å². The number of hydrogen-bond acceptors (Lipinski definition) is 22. The van der Waals surface area contributed by atoms with Crippen LogP contribution in [-0.2, 0) is 120 Å². The molecule has 1 heterocycles. The molecule has 31 heteroatoms. The highest BCUT2D eigenvalue weighted by Crippen LogP contribution is 2.52. The minimum Gasteiger partial charge on any atom is -0.465 e. The number of ether oxygens (including phenoxy) is 3. The van der Waals surface area contributed by atoms with Crippen LogP contribution in [0.15, 0.2) is 144 Å². The lowest BCUT2D eigenvalue weighted by molar-refractivity contribution is -0.146. The predicted octanol–water partition coefficient (Wildman–Crippen LogP) is 18.3. The fourth-order valence-corrected chi connectivity index (χ4v) is 15.5. The first-order valence-electron chi connectivity index (χ1n) is 35.5. The second-order valence-electron chi connectivity index (χ2n) is 25.5. The lowest BCUT2D eigenvalue weighted by atomic mass is 9.97. The number of allylic oxidation sites excluding steroid dienone is 2. The van der Waals surface area contributed by atoms with Gasteiger partial charge in [-0.2, -0.15) is 0 Å². The summed E-state index contributed by atoms with van der Waals surface area (Å²) in [7, 11) is -15.9. The van der Waals surface area contributed by atoms with Crippen molar-refractivity contribution in [2.24, 2.45) is 5.92 Å². The van der Waals surface area contributed by atoms with E-state index in [9.17, 15) is 51.1 Å². The van der Waals surface area contributed by atoms with E-state index in [0.29, 0.717) is 85.3 Å². The maximum atomic E-state index is 14.3. The number of phosphoric ester groups is 2. The van der Waals surface area contributed by atoms with Gasteiger partial charge in [0.15, 0.2) is 0 Å². The lowest BCUT2D eigenvalue weighted by Gasteiger charge is -2.24. The number of aliphatic hydroxyl groups is 1. The molecular weight excluding hydrogens is 1550 g/mol. The van der Waals surface area contributed by atoms with Gasteiger partial charge in [-0.15, -0.1) is 0 Å². The normalized spacial score (nSPS) is 14.3. The number of rotatable bonds is 39. The first-order chi connectivity index (χ1) is 52.2. The highest BCUT2D eigenvalue weighted by atomic mass is 35.5. The largest absolute Gasteiger partial charge is 0.475 e. The fraction of sp³-hybridized carbons (Fsp3) is 0.400. The summed E-state index contributed by atoms with van der Waals surface area (Å²) in [6, 6.07) is 38.5. The second-order valence-corrected chi connectivity index (χ2v) is 34.4. The fourth-order valence-electron chi connectivity index (χ4n) is 11.2. The Labute approximate surface area is 657 Å². The molecule has 7 aromatic rings. The molecule has 0 fully saturated rings. The minimum atomic E-state index is -4.09. The molecule has 0 saturated heterocycles. The average molecular weight is 1660 g/mol. The van der Waals surface area contributed by atoms with Crippen molar-refractivity contribution in [3.63, 3.8) is 0 Å². The number of esters is 3. The van der Waals surface area contributed by atoms with Crippen LogP contribution in [0.2, 0.25) is 5.02 Å². The molecule has 0 aliphatic heterocycles. The van der Waals surface area contributed by atoms with Crippen molar-refractivity contribution in [1.29, 1.82) is 0 Å². The highest BCUT2D eigenvalue weighted by Gasteiger charge is 2.34. The number of carbonyl (C=O) groups excluding carboxylic acids is 4. The van der Waals surface area contributed by atoms with Crippen molar-refractivity contribution in [3.8, 4) is 18.3 Å². The Kier molecular flexibility index (Phi) is 38.7. The number of carbonyl (C=O) groups is 4. The summed E-state index contributed by atoms with van der Waals surface area (Å²) in [5.74, 6) is -1.52. The molecule has 8 rings (SSSR count). The van der Waals surface area contributed by atoms with E-state index < -0.39 is 78.7 Å². The molecular formula is C80H101ClFNO23P4S. The molecule has 0 spiro atoms. The van der Waals surface area contributed by atoms with Gasteiger partial charge in [0, 0.05) is 50.3 Å². The van der Waals surface area contributed by atoms with E-state index in [4.69, 9.17) is 73.3 Å². The lowest BCUT2D eigenvalue weighted by Crippen LogP contribution is -2.27. The van der Waals surface area contributed by atoms with Gasteiger partial charge in [0.05, 0.1) is 90.4 Å². The Morgan fingerprint density at radius 2 is 1.28 bits per heavy atom. The molecule has 1 aliphatic carbocycles. The van der Waals surface area contributed by atoms with Gasteiger partial charge in [-0.1, -0.05) is 100.0 Å². The zero-order valence-corrected chi connectivity index (χ0v) is 68.9. The number of benzene rings is 6. The summed E-state index contributed by atoms with van der Waals surface area (Å²) in [5, 5.41) is 10.9. The van der Waals surface area contributed by atoms with Gasteiger partial charge < -0.3 is 33.3 Å². The van der Waals surface area contributed by atoms with Crippen LogP contribution >= 0.6 is 42.4 Å². The minimum absolute atomic E-state index is 0. The third kappa shape index (κ3) is 30.2. The first kappa shape index (κ1) is 94.3. The number of halogens is 2. The summed E-state index contributed by atoms with van der Waals surface area (Å²) in [5.41, 5.74) is 10.3. The Bertz CT molecular complexity index is 4570. The van der Waals surface area contributed by atoms with E-state index >= 15 is 0 Å². The van der Waals surface area contributed by atoms with E-state index in [1.165, 1.54) is 17.7 Å². The summed E-state index contributed by atoms with van der Waals surface area (Å²) in [6.45, 7) is 18.6. The van der Waals surface area contributed by atoms with Crippen LogP contribution in [0.5, 0.6) is 5.75 Å². The third-order valence-electron chi connectivity index (χ3n) is 16.5. The zero-order chi connectivity index (χ0) is 80.9. The molecule has 604 valence electrons. The number of aromatic nitrogens is 1. The van der Waals surface area contributed by atoms with Crippen LogP contribution in [0.1, 0.15) is 149 Å². The number of terminal acetylenes is 1. The maximum Gasteiger partial charge on any atom is 0.475 e. The van der Waals surface area contributed by atoms with E-state index in [0.717, 1.165) is 53.2 Å². The van der Waals surface area contributed by atoms with Gasteiger partial charge in [-0.05, 0) is 220 Å². The molecule has 6 aromatic carbocycles. The second kappa shape index (κ2) is 45.5. The first-order valence-corrected chi connectivity index (χ1v) is 44.4. The number of fused-ring (bicyclic) bond motifs is 2. The standard InChI is InChI=1S/C31H33ClNO8P.C30H35FO10P2S.C18H29O5P.CH4/c1-4-38-42(37,39-5-2)40-17-16-22-6-13-26(14-7-22)41-30(35)19-27-21(3)33(29-15-8-23(20-34)18-28(27)29)31(36)24-9-11-25(32)12-10-24;1-7-37-42(5,33)40-20-24(41-43(34,38-8-2)39-9-3)19-36-30(32)18-28-21(4)27(26-15-12-23(31)17-29(26)28)16-22-10-13-25(14-11-22)44(6)35;1-14(2)13-16-7-9-17(10-8-16)15(3)18(19)22-11-5-6-12-23-24(4,20)21;/h6-15,18,34H,4-5,16-17,19-20H2,1-3H3;1,10-17,24H,8-9,18-20H2,2-6H3;7-10,14-15H,5-6,11-13H2,1-4H3,(H,20,21);1H4/b;27-16-;;. The summed E-state index contributed by atoms with van der Waals surface area (Å²) >= 11 is 6.00. The molecule has 0 saturated carbocycles. The van der Waals surface area contributed by atoms with Crippen LogP contribution in [0.3, 0.4) is 0 Å². The summed E-state index contributed by atoms with van der Waals surface area (Å²) in [6.07, 6.45) is 11.5. The van der Waals surface area contributed by atoms with Crippen molar-refractivity contribution < 1.29 is 111 Å². The topological polar surface area (TPSA) is 310 Å². The van der Waals surface area contributed by atoms with Crippen LogP contribution in [-0.4, -0.2) is 128 Å². The molecule has 0 bridgehead atoms. The van der Waals surface area contributed by atoms with Gasteiger partial charge in [0.25, 0.3) is 5.91 Å². The van der Waals surface area contributed by atoms with E-state index in [1.807, 2.05) is 44.2 Å². The Morgan fingerprint density at radius 1 is 0.676 bits per heavy atom. The van der Waals surface area contributed by atoms with Gasteiger partial charge >= 0.3 is 48.7 Å². The average Bonchev–Trinajstić information content (AvgIpc) is 1.61. The molecule has 5 atom stereocenters. The SMILES string of the molecule is C.C#COP(C)(=O)OCC(COC(=O)CC1=C(C)/C(=C/c2ccc(S(C)=O)cc2)c2ccc(F)cc21)OP(=O)(OCC)OCC.CC(C)Cc1ccc(C(C)C(=O)OCCCCOP(C)(=O)O)cc1.CCOP(=O)(OCC)OCCc1ccc(OC(=O)Cc2c(C)n(C(=O)c3ccc(Cl)cc3)c3ccc(CO)cc23)cc1. The molecule has 24 nitrogen and oxygen atoms in total. The number of nitrogens with zero attached hydrogens (tertiary/aromatic N) is 1. The summed E-state index contributed by atoms with van der Waals surface area (Å²) in [4.78, 5) is 61.4. The Hall–Kier alpha value is -7.33. The monoisotopic (exact) mass is 1650 g/mol. The van der Waals surface area contributed by atoms with Crippen molar-refractivity contribution in [1.82, 2.24) is 4.57 Å². The van der Waals surface area contributed by atoms with Gasteiger partial charge in [0.1, 0.15) is 30.4 Å². The van der Waals surface area contributed by atoms with Crippen LogP contribution in [0.4, 0.5) is 4.39 Å². The Balaban J connectivity index is 0.000000309. The molecule has 5 unspecified atom stereocenters. The number of hydrogen-bond donors (Lipinski definition) is 2. The number of unbranched alkanes of at least 4 members (excludes halogenated alkanes) is 1. The van der Waals surface area contributed by atoms with Crippen LogP contribution in [0.25, 0.3) is 28.1 Å². The van der Waals surface area contributed by atoms with Crippen molar-refractivity contribution in [2.45, 2.75) is 132 Å².